The zero-order valence-corrected chi connectivity index (χ0v) is 9.89. The van der Waals surface area contributed by atoms with E-state index in [1.54, 1.807) is 18.2 Å². The average molecular weight is 234 g/mol. The van der Waals surface area contributed by atoms with E-state index in [0.29, 0.717) is 18.3 Å². The topological polar surface area (TPSA) is 46.5 Å². The Labute approximate surface area is 101 Å². The lowest BCUT2D eigenvalue weighted by atomic mass is 9.90. The molecule has 2 rings (SSSR count). The van der Waals surface area contributed by atoms with Crippen molar-refractivity contribution in [2.24, 2.45) is 5.92 Å². The number of hydrogen-bond acceptors (Lipinski definition) is 2. The van der Waals surface area contributed by atoms with E-state index in [1.165, 1.54) is 32.1 Å². The minimum atomic E-state index is -0.927. The largest absolute Gasteiger partial charge is 0.492 e. The van der Waals surface area contributed by atoms with Crippen molar-refractivity contribution in [2.45, 2.75) is 32.1 Å². The van der Waals surface area contributed by atoms with E-state index in [1.807, 2.05) is 6.07 Å². The van der Waals surface area contributed by atoms with Crippen LogP contribution >= 0.6 is 0 Å². The minimum Gasteiger partial charge on any atom is -0.492 e. The molecule has 0 heterocycles. The number of benzene rings is 1. The van der Waals surface area contributed by atoms with Crippen molar-refractivity contribution in [1.29, 1.82) is 0 Å². The second kappa shape index (κ2) is 5.71. The molecule has 0 radical (unpaired) electrons. The van der Waals surface area contributed by atoms with Gasteiger partial charge in [-0.15, -0.1) is 0 Å². The first-order valence-corrected chi connectivity index (χ1v) is 6.22. The van der Waals surface area contributed by atoms with Crippen molar-refractivity contribution in [1.82, 2.24) is 0 Å². The highest BCUT2D eigenvalue weighted by atomic mass is 16.5. The maximum Gasteiger partial charge on any atom is 0.339 e. The fraction of sp³-hybridized carbons (Fsp3) is 0.500. The van der Waals surface area contributed by atoms with Crippen molar-refractivity contribution >= 4 is 5.97 Å². The molecule has 1 N–H and O–H groups in total. The van der Waals surface area contributed by atoms with Crippen LogP contribution in [0.2, 0.25) is 0 Å². The number of carboxylic acids is 1. The fourth-order valence-electron chi connectivity index (χ4n) is 2.33. The summed E-state index contributed by atoms with van der Waals surface area (Å²) in [7, 11) is 0. The Bertz CT molecular complexity index is 381. The number of hydrogen-bond donors (Lipinski definition) is 1. The van der Waals surface area contributed by atoms with Crippen molar-refractivity contribution in [3.63, 3.8) is 0 Å². The van der Waals surface area contributed by atoms with Crippen molar-refractivity contribution < 1.29 is 14.6 Å². The van der Waals surface area contributed by atoms with Crippen LogP contribution in [0.3, 0.4) is 0 Å². The van der Waals surface area contributed by atoms with Gasteiger partial charge in [0, 0.05) is 0 Å². The summed E-state index contributed by atoms with van der Waals surface area (Å²) < 4.78 is 5.66. The molecule has 0 bridgehead atoms. The molecule has 0 atom stereocenters. The van der Waals surface area contributed by atoms with Gasteiger partial charge in [-0.3, -0.25) is 0 Å². The fourth-order valence-corrected chi connectivity index (χ4v) is 2.33. The predicted octanol–water partition coefficient (Wildman–Crippen LogP) is 3.34. The van der Waals surface area contributed by atoms with Gasteiger partial charge in [-0.05, 0) is 30.9 Å². The first-order chi connectivity index (χ1) is 8.27. The molecule has 17 heavy (non-hydrogen) atoms. The van der Waals surface area contributed by atoms with Crippen LogP contribution in [-0.4, -0.2) is 17.7 Å². The molecule has 1 aliphatic carbocycles. The van der Waals surface area contributed by atoms with Gasteiger partial charge in [0.15, 0.2) is 0 Å². The van der Waals surface area contributed by atoms with Gasteiger partial charge in [0.25, 0.3) is 0 Å². The number of carbonyl (C=O) groups is 1. The van der Waals surface area contributed by atoms with E-state index in [2.05, 4.69) is 0 Å². The summed E-state index contributed by atoms with van der Waals surface area (Å²) in [4.78, 5) is 11.0. The van der Waals surface area contributed by atoms with Crippen LogP contribution in [-0.2, 0) is 0 Å². The second-order valence-electron chi connectivity index (χ2n) is 4.62. The van der Waals surface area contributed by atoms with Crippen LogP contribution in [0.4, 0.5) is 0 Å². The molecule has 1 aliphatic rings. The monoisotopic (exact) mass is 234 g/mol. The van der Waals surface area contributed by atoms with Crippen LogP contribution in [0, 0.1) is 5.92 Å². The zero-order chi connectivity index (χ0) is 12.1. The number of rotatable bonds is 4. The number of ether oxygens (including phenoxy) is 1. The first kappa shape index (κ1) is 12.0. The first-order valence-electron chi connectivity index (χ1n) is 6.22. The van der Waals surface area contributed by atoms with Crippen molar-refractivity contribution in [2.75, 3.05) is 6.61 Å². The lowest BCUT2D eigenvalue weighted by Crippen LogP contribution is -2.16. The standard InChI is InChI=1S/C14H18O3/c15-14(16)12-8-4-5-9-13(12)17-10-11-6-2-1-3-7-11/h4-5,8-9,11H,1-3,6-7,10H2,(H,15,16). The van der Waals surface area contributed by atoms with E-state index in [-0.39, 0.29) is 5.56 Å². The maximum absolute atomic E-state index is 11.0. The molecule has 1 aromatic rings. The number of aromatic carboxylic acids is 1. The van der Waals surface area contributed by atoms with Gasteiger partial charge in [-0.25, -0.2) is 4.79 Å². The van der Waals surface area contributed by atoms with Gasteiger partial charge in [-0.1, -0.05) is 31.4 Å². The molecule has 0 unspecified atom stereocenters. The van der Waals surface area contributed by atoms with Crippen LogP contribution in [0.15, 0.2) is 24.3 Å². The molecule has 0 aromatic heterocycles. The third kappa shape index (κ3) is 3.22. The maximum atomic E-state index is 11.0. The van der Waals surface area contributed by atoms with E-state index < -0.39 is 5.97 Å². The average Bonchev–Trinajstić information content (AvgIpc) is 2.38. The quantitative estimate of drug-likeness (QED) is 0.869. The van der Waals surface area contributed by atoms with Crippen LogP contribution in [0.25, 0.3) is 0 Å². The molecule has 0 spiro atoms. The summed E-state index contributed by atoms with van der Waals surface area (Å²) in [5.41, 5.74) is 0.253. The summed E-state index contributed by atoms with van der Waals surface area (Å²) >= 11 is 0. The Kier molecular flexibility index (Phi) is 4.02. The molecule has 0 saturated heterocycles. The molecule has 0 aliphatic heterocycles. The highest BCUT2D eigenvalue weighted by molar-refractivity contribution is 5.90. The lowest BCUT2D eigenvalue weighted by Gasteiger charge is -2.22. The number of carboxylic acid groups (broad SMARTS) is 1. The lowest BCUT2D eigenvalue weighted by molar-refractivity contribution is 0.0690. The Balaban J connectivity index is 1.96. The van der Waals surface area contributed by atoms with E-state index in [0.717, 1.165) is 0 Å². The van der Waals surface area contributed by atoms with Crippen LogP contribution in [0.5, 0.6) is 5.75 Å². The smallest absolute Gasteiger partial charge is 0.339 e. The molecule has 1 aromatic carbocycles. The zero-order valence-electron chi connectivity index (χ0n) is 9.89. The van der Waals surface area contributed by atoms with Gasteiger partial charge >= 0.3 is 5.97 Å². The highest BCUT2D eigenvalue weighted by Gasteiger charge is 2.16. The van der Waals surface area contributed by atoms with Gasteiger partial charge in [0.05, 0.1) is 6.61 Å². The molecule has 0 amide bonds. The van der Waals surface area contributed by atoms with Gasteiger partial charge in [-0.2, -0.15) is 0 Å². The van der Waals surface area contributed by atoms with E-state index in [4.69, 9.17) is 9.84 Å². The Hall–Kier alpha value is -1.51. The molecular weight excluding hydrogens is 216 g/mol. The van der Waals surface area contributed by atoms with Crippen molar-refractivity contribution in [3.05, 3.63) is 29.8 Å². The highest BCUT2D eigenvalue weighted by Crippen LogP contribution is 2.25. The summed E-state index contributed by atoms with van der Waals surface area (Å²) in [6.07, 6.45) is 6.27. The SMILES string of the molecule is O=C(O)c1ccccc1OCC1CCCCC1. The van der Waals surface area contributed by atoms with Crippen molar-refractivity contribution in [3.8, 4) is 5.75 Å². The van der Waals surface area contributed by atoms with Gasteiger partial charge in [0.2, 0.25) is 0 Å². The molecule has 1 fully saturated rings. The molecule has 92 valence electrons. The van der Waals surface area contributed by atoms with Crippen LogP contribution in [0.1, 0.15) is 42.5 Å². The van der Waals surface area contributed by atoms with Gasteiger partial charge < -0.3 is 9.84 Å². The molecule has 3 heteroatoms. The summed E-state index contributed by atoms with van der Waals surface area (Å²) in [6.45, 7) is 0.643. The third-order valence-electron chi connectivity index (χ3n) is 3.32. The number of para-hydroxylation sites is 1. The van der Waals surface area contributed by atoms with Gasteiger partial charge in [0.1, 0.15) is 11.3 Å². The summed E-state index contributed by atoms with van der Waals surface area (Å²) in [5, 5.41) is 9.02. The Morgan fingerprint density at radius 3 is 2.65 bits per heavy atom. The summed E-state index contributed by atoms with van der Waals surface area (Å²) in [6, 6.07) is 6.84. The predicted molar refractivity (Wildman–Crippen MR) is 65.5 cm³/mol. The summed E-state index contributed by atoms with van der Waals surface area (Å²) in [5.74, 6) is 0.153. The van der Waals surface area contributed by atoms with Crippen LogP contribution < -0.4 is 4.74 Å². The second-order valence-corrected chi connectivity index (χ2v) is 4.62. The Morgan fingerprint density at radius 2 is 1.94 bits per heavy atom. The Morgan fingerprint density at radius 1 is 1.24 bits per heavy atom. The molecular formula is C14H18O3. The normalized spacial score (nSPS) is 16.7. The molecule has 3 nitrogen and oxygen atoms in total. The van der Waals surface area contributed by atoms with E-state index >= 15 is 0 Å². The van der Waals surface area contributed by atoms with E-state index in [9.17, 15) is 4.79 Å². The minimum absolute atomic E-state index is 0.253. The third-order valence-corrected chi connectivity index (χ3v) is 3.32. The molecule has 1 saturated carbocycles.